The van der Waals surface area contributed by atoms with E-state index in [1.54, 1.807) is 20.8 Å². The van der Waals surface area contributed by atoms with Crippen LogP contribution < -0.4 is 4.84 Å². The van der Waals surface area contributed by atoms with E-state index in [2.05, 4.69) is 4.84 Å². The highest BCUT2D eigenvalue weighted by atomic mass is 35.5. The molecule has 0 aliphatic rings. The van der Waals surface area contributed by atoms with Gasteiger partial charge in [0.2, 0.25) is 0 Å². The van der Waals surface area contributed by atoms with Crippen LogP contribution >= 0.6 is 11.8 Å². The zero-order valence-electron chi connectivity index (χ0n) is 6.22. The molecule has 0 aromatic rings. The topological polar surface area (TPSA) is 49.3 Å². The maximum atomic E-state index is 10.5. The molecule has 62 valence electrons. The van der Waals surface area contributed by atoms with Crippen molar-refractivity contribution < 1.29 is 8.76 Å². The Morgan fingerprint density at radius 3 is 2.20 bits per heavy atom. The molecule has 2 unspecified atom stereocenters. The molecule has 0 bridgehead atoms. The van der Waals surface area contributed by atoms with Crippen molar-refractivity contribution in [2.45, 2.75) is 31.6 Å². The van der Waals surface area contributed by atoms with Gasteiger partial charge >= 0.3 is 0 Å². The van der Waals surface area contributed by atoms with E-state index >= 15 is 0 Å². The summed E-state index contributed by atoms with van der Waals surface area (Å²) in [6, 6.07) is 0. The molecule has 2 N–H and O–H groups in total. The Bertz CT molecular complexity index is 140. The van der Waals surface area contributed by atoms with Crippen molar-refractivity contribution in [3.05, 3.63) is 0 Å². The smallest absolute Gasteiger partial charge is 0.157 e. The Hall–Kier alpha value is 0.360. The van der Waals surface area contributed by atoms with Gasteiger partial charge in [-0.05, 0) is 32.5 Å². The summed E-state index contributed by atoms with van der Waals surface area (Å²) < 4.78 is 19.2. The summed E-state index contributed by atoms with van der Waals surface area (Å²) in [5.41, 5.74) is -0.513. The molecule has 0 heterocycles. The van der Waals surface area contributed by atoms with Crippen LogP contribution in [0.2, 0.25) is 0 Å². The monoisotopic (exact) mass is 185 g/mol. The summed E-state index contributed by atoms with van der Waals surface area (Å²) in [6.07, 6.45) is 0. The third-order valence-electron chi connectivity index (χ3n) is 1.56. The first-order valence-electron chi connectivity index (χ1n) is 2.89. The second-order valence-electron chi connectivity index (χ2n) is 2.73. The fourth-order valence-electron chi connectivity index (χ4n) is 0.329. The first-order valence-corrected chi connectivity index (χ1v) is 4.44. The maximum Gasteiger partial charge on any atom is 0.157 e. The Balaban J connectivity index is 4.17. The quantitative estimate of drug-likeness (QED) is 0.512. The number of hydrogen-bond acceptors (Lipinski definition) is 2. The molecule has 0 aliphatic carbocycles. The molecule has 0 aromatic heterocycles. The van der Waals surface area contributed by atoms with Crippen LogP contribution in [0.5, 0.6) is 0 Å². The van der Waals surface area contributed by atoms with Gasteiger partial charge in [0.1, 0.15) is 0 Å². The van der Waals surface area contributed by atoms with E-state index < -0.39 is 16.6 Å². The van der Waals surface area contributed by atoms with Crippen molar-refractivity contribution >= 4 is 22.9 Å². The molecular formula is C5H12ClNO2S. The van der Waals surface area contributed by atoms with Gasteiger partial charge in [0.25, 0.3) is 0 Å². The van der Waals surface area contributed by atoms with Crippen LogP contribution in [-0.4, -0.2) is 19.6 Å². The Morgan fingerprint density at radius 2 is 2.10 bits per heavy atom. The minimum atomic E-state index is -1.83. The normalized spacial score (nSPS) is 18.5. The van der Waals surface area contributed by atoms with Crippen LogP contribution in [0, 0.1) is 0 Å². The van der Waals surface area contributed by atoms with E-state index in [9.17, 15) is 4.21 Å². The van der Waals surface area contributed by atoms with E-state index in [0.29, 0.717) is 0 Å². The predicted molar refractivity (Wildman–Crippen MR) is 43.3 cm³/mol. The molecule has 0 radical (unpaired) electrons. The summed E-state index contributed by atoms with van der Waals surface area (Å²) >= 11 is 3.51. The van der Waals surface area contributed by atoms with Gasteiger partial charge in [-0.15, -0.1) is 0 Å². The molecular weight excluding hydrogens is 174 g/mol. The lowest BCUT2D eigenvalue weighted by Crippen LogP contribution is -2.45. The number of halogens is 1. The van der Waals surface area contributed by atoms with E-state index in [1.165, 1.54) is 0 Å². The van der Waals surface area contributed by atoms with Gasteiger partial charge in [-0.25, -0.2) is 9.04 Å². The van der Waals surface area contributed by atoms with Crippen LogP contribution in [0.3, 0.4) is 0 Å². The highest BCUT2D eigenvalue weighted by Crippen LogP contribution is 2.13. The zero-order chi connectivity index (χ0) is 8.36. The zero-order valence-corrected chi connectivity index (χ0v) is 7.79. The highest BCUT2D eigenvalue weighted by Gasteiger charge is 2.28. The molecule has 5 heteroatoms. The van der Waals surface area contributed by atoms with Crippen LogP contribution in [0.15, 0.2) is 0 Å². The minimum Gasteiger partial charge on any atom is -0.306 e. The van der Waals surface area contributed by atoms with Crippen molar-refractivity contribution in [2.24, 2.45) is 0 Å². The summed E-state index contributed by atoms with van der Waals surface area (Å²) in [5, 5.41) is -0.384. The van der Waals surface area contributed by atoms with Crippen molar-refractivity contribution in [1.82, 2.24) is 4.84 Å². The molecule has 0 aliphatic heterocycles. The highest BCUT2D eigenvalue weighted by molar-refractivity contribution is 7.80. The number of nitrogens with one attached hydrogen (secondary N) is 1. The Kier molecular flexibility index (Phi) is 3.80. The Labute approximate surface area is 68.5 Å². The van der Waals surface area contributed by atoms with Gasteiger partial charge in [0.05, 0.1) is 5.25 Å². The summed E-state index contributed by atoms with van der Waals surface area (Å²) in [5.74, 6) is 0. The molecule has 0 spiro atoms. The largest absolute Gasteiger partial charge is 0.306 e. The van der Waals surface area contributed by atoms with Crippen LogP contribution in [0.4, 0.5) is 0 Å². The molecule has 2 atom stereocenters. The molecule has 0 saturated carbocycles. The third kappa shape index (κ3) is 2.54. The first kappa shape index (κ1) is 10.4. The maximum absolute atomic E-state index is 10.5. The molecule has 0 aromatic carbocycles. The fourth-order valence-corrected chi connectivity index (χ4v) is 1.12. The molecule has 0 fully saturated rings. The van der Waals surface area contributed by atoms with Gasteiger partial charge in [0, 0.05) is 5.54 Å². The van der Waals surface area contributed by atoms with Crippen LogP contribution in [0.1, 0.15) is 20.8 Å². The lowest BCUT2D eigenvalue weighted by Gasteiger charge is -2.26. The second kappa shape index (κ2) is 3.67. The molecule has 10 heavy (non-hydrogen) atoms. The third-order valence-corrected chi connectivity index (χ3v) is 3.24. The average molecular weight is 186 g/mol. The Morgan fingerprint density at radius 1 is 1.70 bits per heavy atom. The van der Waals surface area contributed by atoms with Crippen molar-refractivity contribution in [3.63, 3.8) is 0 Å². The number of rotatable bonds is 3. The van der Waals surface area contributed by atoms with Gasteiger partial charge < -0.3 is 4.55 Å². The summed E-state index contributed by atoms with van der Waals surface area (Å²) in [6.45, 7) is 5.18. The fraction of sp³-hybridized carbons (Fsp3) is 1.00. The van der Waals surface area contributed by atoms with E-state index in [0.717, 1.165) is 0 Å². The predicted octanol–water partition coefficient (Wildman–Crippen LogP) is 1.12. The standard InChI is InChI=1S/C5H12ClNO2S/c1-4(10(8)9)5(2,3)7-6/h4,7H,1-3H3,(H,8,9). The first-order chi connectivity index (χ1) is 4.41. The van der Waals surface area contributed by atoms with Crippen LogP contribution in [-0.2, 0) is 11.1 Å². The summed E-state index contributed by atoms with van der Waals surface area (Å²) in [7, 11) is 0. The SMILES string of the molecule is CC(S(=O)O)C(C)(C)NCl. The number of hydrogen-bond donors (Lipinski definition) is 2. The van der Waals surface area contributed by atoms with Gasteiger partial charge in [0.15, 0.2) is 11.1 Å². The van der Waals surface area contributed by atoms with E-state index in [1.807, 2.05) is 0 Å². The molecule has 0 rings (SSSR count). The lowest BCUT2D eigenvalue weighted by molar-refractivity contribution is 0.438. The lowest BCUT2D eigenvalue weighted by atomic mass is 10.0. The van der Waals surface area contributed by atoms with Crippen molar-refractivity contribution in [2.75, 3.05) is 0 Å². The van der Waals surface area contributed by atoms with Gasteiger partial charge in [-0.2, -0.15) is 0 Å². The van der Waals surface area contributed by atoms with Crippen molar-refractivity contribution in [3.8, 4) is 0 Å². The van der Waals surface area contributed by atoms with Crippen molar-refractivity contribution in [1.29, 1.82) is 0 Å². The van der Waals surface area contributed by atoms with E-state index in [4.69, 9.17) is 16.3 Å². The van der Waals surface area contributed by atoms with Crippen LogP contribution in [0.25, 0.3) is 0 Å². The second-order valence-corrected chi connectivity index (χ2v) is 4.18. The van der Waals surface area contributed by atoms with Gasteiger partial charge in [-0.3, -0.25) is 0 Å². The minimum absolute atomic E-state index is 0.384. The molecule has 3 nitrogen and oxygen atoms in total. The summed E-state index contributed by atoms with van der Waals surface area (Å²) in [4.78, 5) is 2.44. The average Bonchev–Trinajstić information content (AvgIpc) is 1.86. The van der Waals surface area contributed by atoms with Gasteiger partial charge in [-0.1, -0.05) is 0 Å². The molecule has 0 amide bonds. The van der Waals surface area contributed by atoms with E-state index in [-0.39, 0.29) is 5.25 Å². The molecule has 0 saturated heterocycles.